The van der Waals surface area contributed by atoms with E-state index in [1.165, 1.54) is 0 Å². The molecule has 1 aliphatic rings. The number of rotatable bonds is 9. The molecule has 0 heterocycles. The first kappa shape index (κ1) is 24.3. The summed E-state index contributed by atoms with van der Waals surface area (Å²) in [5, 5.41) is 14.6. The van der Waals surface area contributed by atoms with E-state index in [9.17, 15) is 19.5 Å². The molecule has 1 unspecified atom stereocenters. The highest BCUT2D eigenvalue weighted by atomic mass is 16.5. The average molecular weight is 453 g/mol. The maximum Gasteiger partial charge on any atom is 0.407 e. The summed E-state index contributed by atoms with van der Waals surface area (Å²) in [7, 11) is 0. The summed E-state index contributed by atoms with van der Waals surface area (Å²) >= 11 is 0. The number of nitrogens with one attached hydrogen (secondary N) is 2. The molecule has 0 aromatic heterocycles. The van der Waals surface area contributed by atoms with Gasteiger partial charge in [0.1, 0.15) is 12.6 Å². The van der Waals surface area contributed by atoms with Gasteiger partial charge in [0.2, 0.25) is 5.91 Å². The fourth-order valence-electron chi connectivity index (χ4n) is 4.23. The number of alkyl carbamates (subject to hydrolysis) is 1. The highest BCUT2D eigenvalue weighted by Gasteiger charge is 2.31. The van der Waals surface area contributed by atoms with Crippen LogP contribution in [0, 0.1) is 17.8 Å². The quantitative estimate of drug-likeness (QED) is 0.533. The van der Waals surface area contributed by atoms with Gasteiger partial charge in [-0.15, -0.1) is 0 Å². The standard InChI is InChI=1S/C26H32N2O5/c1-15(2)21(25(30)31)13-27-24(29)23(16(3)4)28-26(32)33-14-22-19-11-7-5-9-17(19)18-10-6-8-12-20(18)22/h5-12,15-16,21-23H,13-14H2,1-4H3,(H,27,29)(H,28,32)(H,30,31)/t21?,23-/m0/s1. The zero-order valence-corrected chi connectivity index (χ0v) is 19.5. The first-order valence-electron chi connectivity index (χ1n) is 11.3. The number of hydrogen-bond donors (Lipinski definition) is 3. The molecule has 0 saturated heterocycles. The summed E-state index contributed by atoms with van der Waals surface area (Å²) in [6.45, 7) is 7.36. The Morgan fingerprint density at radius 2 is 1.45 bits per heavy atom. The molecule has 0 fully saturated rings. The molecule has 0 radical (unpaired) electrons. The van der Waals surface area contributed by atoms with Gasteiger partial charge >= 0.3 is 12.1 Å². The van der Waals surface area contributed by atoms with Crippen LogP contribution >= 0.6 is 0 Å². The summed E-state index contributed by atoms with van der Waals surface area (Å²) in [5.41, 5.74) is 4.50. The Balaban J connectivity index is 1.62. The molecule has 7 heteroatoms. The third-order valence-corrected chi connectivity index (χ3v) is 6.18. The first-order chi connectivity index (χ1) is 15.7. The van der Waals surface area contributed by atoms with Crippen LogP contribution in [0.2, 0.25) is 0 Å². The van der Waals surface area contributed by atoms with Crippen molar-refractivity contribution in [2.24, 2.45) is 17.8 Å². The molecule has 3 N–H and O–H groups in total. The van der Waals surface area contributed by atoms with E-state index in [-0.39, 0.29) is 30.9 Å². The van der Waals surface area contributed by atoms with Crippen molar-refractivity contribution in [3.8, 4) is 11.1 Å². The molecule has 176 valence electrons. The Hall–Kier alpha value is -3.35. The van der Waals surface area contributed by atoms with Crippen LogP contribution < -0.4 is 10.6 Å². The molecule has 2 atom stereocenters. The van der Waals surface area contributed by atoms with Gasteiger partial charge in [0.05, 0.1) is 5.92 Å². The number of ether oxygens (including phenoxy) is 1. The van der Waals surface area contributed by atoms with E-state index >= 15 is 0 Å². The van der Waals surface area contributed by atoms with Crippen molar-refractivity contribution in [3.63, 3.8) is 0 Å². The lowest BCUT2D eigenvalue weighted by atomic mass is 9.95. The molecule has 1 aliphatic carbocycles. The van der Waals surface area contributed by atoms with E-state index in [2.05, 4.69) is 22.8 Å². The highest BCUT2D eigenvalue weighted by molar-refractivity contribution is 5.86. The van der Waals surface area contributed by atoms with E-state index < -0.39 is 29.9 Å². The number of carbonyl (C=O) groups excluding carboxylic acids is 2. The second-order valence-corrected chi connectivity index (χ2v) is 9.13. The molecule has 0 aliphatic heterocycles. The normalized spacial score (nSPS) is 14.4. The minimum absolute atomic E-state index is 0.00141. The molecule has 2 aromatic carbocycles. The van der Waals surface area contributed by atoms with Crippen LogP contribution in [0.15, 0.2) is 48.5 Å². The monoisotopic (exact) mass is 452 g/mol. The van der Waals surface area contributed by atoms with Crippen molar-refractivity contribution in [2.45, 2.75) is 39.7 Å². The third kappa shape index (κ3) is 5.53. The number of hydrogen-bond acceptors (Lipinski definition) is 4. The van der Waals surface area contributed by atoms with Gasteiger partial charge in [-0.05, 0) is 34.1 Å². The molecular formula is C26H32N2O5. The Bertz CT molecular complexity index is 972. The van der Waals surface area contributed by atoms with Gasteiger partial charge in [-0.3, -0.25) is 9.59 Å². The van der Waals surface area contributed by atoms with Crippen LogP contribution in [-0.2, 0) is 14.3 Å². The Morgan fingerprint density at radius 3 is 1.94 bits per heavy atom. The molecule has 2 aromatic rings. The first-order valence-corrected chi connectivity index (χ1v) is 11.3. The molecule has 33 heavy (non-hydrogen) atoms. The van der Waals surface area contributed by atoms with Crippen LogP contribution in [0.4, 0.5) is 4.79 Å². The molecule has 0 bridgehead atoms. The van der Waals surface area contributed by atoms with Gasteiger partial charge in [0, 0.05) is 12.5 Å². The third-order valence-electron chi connectivity index (χ3n) is 6.18. The average Bonchev–Trinajstić information content (AvgIpc) is 3.09. The van der Waals surface area contributed by atoms with Gasteiger partial charge < -0.3 is 20.5 Å². The minimum Gasteiger partial charge on any atom is -0.481 e. The summed E-state index contributed by atoms with van der Waals surface area (Å²) in [5.74, 6) is -2.49. The number of amides is 2. The number of carboxylic acid groups (broad SMARTS) is 1. The smallest absolute Gasteiger partial charge is 0.407 e. The number of benzene rings is 2. The van der Waals surface area contributed by atoms with Crippen LogP contribution in [0.5, 0.6) is 0 Å². The Morgan fingerprint density at radius 1 is 0.909 bits per heavy atom. The van der Waals surface area contributed by atoms with Crippen molar-refractivity contribution in [3.05, 3.63) is 59.7 Å². The second-order valence-electron chi connectivity index (χ2n) is 9.13. The fourth-order valence-corrected chi connectivity index (χ4v) is 4.23. The molecule has 0 saturated carbocycles. The zero-order chi connectivity index (χ0) is 24.1. The lowest BCUT2D eigenvalue weighted by Gasteiger charge is -2.24. The second kappa shape index (κ2) is 10.5. The summed E-state index contributed by atoms with van der Waals surface area (Å²) in [6.07, 6.45) is -0.677. The van der Waals surface area contributed by atoms with Crippen molar-refractivity contribution >= 4 is 18.0 Å². The van der Waals surface area contributed by atoms with Crippen LogP contribution in [-0.4, -0.2) is 42.3 Å². The topological polar surface area (TPSA) is 105 Å². The van der Waals surface area contributed by atoms with Gasteiger partial charge in [0.25, 0.3) is 0 Å². The van der Waals surface area contributed by atoms with Gasteiger partial charge in [-0.2, -0.15) is 0 Å². The molecule has 2 amide bonds. The number of fused-ring (bicyclic) bond motifs is 3. The number of carboxylic acids is 1. The van der Waals surface area contributed by atoms with Crippen LogP contribution in [0.25, 0.3) is 11.1 Å². The predicted molar refractivity (Wildman–Crippen MR) is 126 cm³/mol. The lowest BCUT2D eigenvalue weighted by molar-refractivity contribution is -0.143. The predicted octanol–water partition coefficient (Wildman–Crippen LogP) is 4.02. The van der Waals surface area contributed by atoms with Crippen molar-refractivity contribution < 1.29 is 24.2 Å². The van der Waals surface area contributed by atoms with E-state index in [0.717, 1.165) is 22.3 Å². The van der Waals surface area contributed by atoms with E-state index in [1.807, 2.05) is 50.2 Å². The maximum atomic E-state index is 12.7. The number of aliphatic carboxylic acids is 1. The Kier molecular flexibility index (Phi) is 7.74. The van der Waals surface area contributed by atoms with Crippen molar-refractivity contribution in [2.75, 3.05) is 13.2 Å². The molecule has 0 spiro atoms. The van der Waals surface area contributed by atoms with Gasteiger partial charge in [-0.1, -0.05) is 76.2 Å². The Labute approximate surface area is 194 Å². The summed E-state index contributed by atoms with van der Waals surface area (Å²) in [4.78, 5) is 36.7. The molecule has 7 nitrogen and oxygen atoms in total. The largest absolute Gasteiger partial charge is 0.481 e. The zero-order valence-electron chi connectivity index (χ0n) is 19.5. The molecular weight excluding hydrogens is 420 g/mol. The van der Waals surface area contributed by atoms with Crippen LogP contribution in [0.3, 0.4) is 0 Å². The SMILES string of the molecule is CC(C)C(CNC(=O)[C@@H](NC(=O)OCC1c2ccccc2-c2ccccc21)C(C)C)C(=O)O. The lowest BCUT2D eigenvalue weighted by Crippen LogP contribution is -2.51. The van der Waals surface area contributed by atoms with Crippen molar-refractivity contribution in [1.29, 1.82) is 0 Å². The highest BCUT2D eigenvalue weighted by Crippen LogP contribution is 2.44. The van der Waals surface area contributed by atoms with Gasteiger partial charge in [-0.25, -0.2) is 4.79 Å². The summed E-state index contributed by atoms with van der Waals surface area (Å²) < 4.78 is 5.55. The fraction of sp³-hybridized carbons (Fsp3) is 0.423. The van der Waals surface area contributed by atoms with E-state index in [0.29, 0.717) is 0 Å². The van der Waals surface area contributed by atoms with E-state index in [4.69, 9.17) is 4.74 Å². The number of carbonyl (C=O) groups is 3. The van der Waals surface area contributed by atoms with E-state index in [1.54, 1.807) is 13.8 Å². The summed E-state index contributed by atoms with van der Waals surface area (Å²) in [6, 6.07) is 15.3. The van der Waals surface area contributed by atoms with Gasteiger partial charge in [0.15, 0.2) is 0 Å². The molecule has 3 rings (SSSR count). The minimum atomic E-state index is -0.962. The maximum absolute atomic E-state index is 12.7. The van der Waals surface area contributed by atoms with Crippen molar-refractivity contribution in [1.82, 2.24) is 10.6 Å². The van der Waals surface area contributed by atoms with Crippen LogP contribution in [0.1, 0.15) is 44.7 Å².